The lowest BCUT2D eigenvalue weighted by Crippen LogP contribution is -2.51. The van der Waals surface area contributed by atoms with Crippen molar-refractivity contribution in [2.75, 3.05) is 39.3 Å². The molecule has 0 atom stereocenters. The summed E-state index contributed by atoms with van der Waals surface area (Å²) in [6.07, 6.45) is -4.23. The third-order valence-electron chi connectivity index (χ3n) is 3.49. The molecule has 0 aliphatic carbocycles. The number of amides is 1. The van der Waals surface area contributed by atoms with E-state index in [1.54, 1.807) is 24.3 Å². The molecule has 0 N–H and O–H groups in total. The molecule has 1 heterocycles. The highest BCUT2D eigenvalue weighted by molar-refractivity contribution is 5.78. The third-order valence-corrected chi connectivity index (χ3v) is 3.49. The Balaban J connectivity index is 1.81. The standard InChI is InChI=1S/C15H16F3N3O2/c16-15(17,18)11-20-5-7-21(8-6-20)14(22)10-23-13-4-2-1-3-12(13)9-19/h1-4H,5-8,10-11H2. The third kappa shape index (κ3) is 5.14. The first kappa shape index (κ1) is 17.1. The zero-order chi connectivity index (χ0) is 16.9. The molecule has 2 rings (SSSR count). The number of ether oxygens (including phenoxy) is 1. The van der Waals surface area contributed by atoms with E-state index >= 15 is 0 Å². The lowest BCUT2D eigenvalue weighted by molar-refractivity contribution is -0.152. The van der Waals surface area contributed by atoms with Crippen molar-refractivity contribution in [2.45, 2.75) is 6.18 Å². The van der Waals surface area contributed by atoms with Crippen LogP contribution in [-0.2, 0) is 4.79 Å². The van der Waals surface area contributed by atoms with Crippen molar-refractivity contribution >= 4 is 5.91 Å². The maximum Gasteiger partial charge on any atom is 0.401 e. The quantitative estimate of drug-likeness (QED) is 0.844. The number of para-hydroxylation sites is 1. The second-order valence-electron chi connectivity index (χ2n) is 5.17. The van der Waals surface area contributed by atoms with Crippen LogP contribution < -0.4 is 4.74 Å². The highest BCUT2D eigenvalue weighted by Gasteiger charge is 2.32. The number of hydrogen-bond donors (Lipinski definition) is 0. The summed E-state index contributed by atoms with van der Waals surface area (Å²) in [5, 5.41) is 8.93. The number of benzene rings is 1. The van der Waals surface area contributed by atoms with E-state index in [-0.39, 0.29) is 38.7 Å². The summed E-state index contributed by atoms with van der Waals surface area (Å²) < 4.78 is 42.3. The van der Waals surface area contributed by atoms with Crippen molar-refractivity contribution in [1.29, 1.82) is 5.26 Å². The molecule has 1 fully saturated rings. The largest absolute Gasteiger partial charge is 0.482 e. The number of alkyl halides is 3. The molecule has 0 aromatic heterocycles. The number of nitriles is 1. The van der Waals surface area contributed by atoms with Crippen LogP contribution in [0.1, 0.15) is 5.56 Å². The summed E-state index contributed by atoms with van der Waals surface area (Å²) in [6.45, 7) is -0.366. The zero-order valence-electron chi connectivity index (χ0n) is 12.3. The monoisotopic (exact) mass is 327 g/mol. The first-order chi connectivity index (χ1) is 10.9. The zero-order valence-corrected chi connectivity index (χ0v) is 12.3. The molecule has 8 heteroatoms. The van der Waals surface area contributed by atoms with Gasteiger partial charge in [0.25, 0.3) is 5.91 Å². The first-order valence-electron chi connectivity index (χ1n) is 7.08. The van der Waals surface area contributed by atoms with Crippen molar-refractivity contribution in [3.63, 3.8) is 0 Å². The Bertz CT molecular complexity index is 590. The normalized spacial score (nSPS) is 16.0. The van der Waals surface area contributed by atoms with Gasteiger partial charge in [-0.15, -0.1) is 0 Å². The van der Waals surface area contributed by atoms with Gasteiger partial charge in [-0.1, -0.05) is 12.1 Å². The number of carbonyl (C=O) groups excluding carboxylic acids is 1. The molecule has 23 heavy (non-hydrogen) atoms. The Labute approximate surface area is 131 Å². The van der Waals surface area contributed by atoms with Crippen LogP contribution in [0.15, 0.2) is 24.3 Å². The van der Waals surface area contributed by atoms with Crippen molar-refractivity contribution in [3.05, 3.63) is 29.8 Å². The molecule has 124 valence electrons. The van der Waals surface area contributed by atoms with Gasteiger partial charge in [0.05, 0.1) is 12.1 Å². The number of piperazine rings is 1. The van der Waals surface area contributed by atoms with Gasteiger partial charge in [-0.05, 0) is 12.1 Å². The number of nitrogens with zero attached hydrogens (tertiary/aromatic N) is 3. The Morgan fingerprint density at radius 2 is 1.87 bits per heavy atom. The van der Waals surface area contributed by atoms with E-state index in [0.717, 1.165) is 0 Å². The number of rotatable bonds is 4. The van der Waals surface area contributed by atoms with E-state index in [0.29, 0.717) is 11.3 Å². The molecule has 1 aromatic carbocycles. The molecule has 0 spiro atoms. The Morgan fingerprint density at radius 1 is 1.22 bits per heavy atom. The molecule has 5 nitrogen and oxygen atoms in total. The maximum atomic E-state index is 12.3. The second-order valence-corrected chi connectivity index (χ2v) is 5.17. The van der Waals surface area contributed by atoms with Crippen molar-refractivity contribution < 1.29 is 22.7 Å². The number of halogens is 3. The summed E-state index contributed by atoms with van der Waals surface area (Å²) in [5.41, 5.74) is 0.329. The Kier molecular flexibility index (Phi) is 5.45. The van der Waals surface area contributed by atoms with Crippen LogP contribution in [0.2, 0.25) is 0 Å². The van der Waals surface area contributed by atoms with Gasteiger partial charge in [0.1, 0.15) is 11.8 Å². The van der Waals surface area contributed by atoms with Gasteiger partial charge in [-0.25, -0.2) is 0 Å². The van der Waals surface area contributed by atoms with Crippen LogP contribution in [-0.4, -0.2) is 61.2 Å². The number of carbonyl (C=O) groups is 1. The van der Waals surface area contributed by atoms with Gasteiger partial charge in [-0.2, -0.15) is 18.4 Å². The smallest absolute Gasteiger partial charge is 0.401 e. The minimum Gasteiger partial charge on any atom is -0.482 e. The molecule has 1 saturated heterocycles. The van der Waals surface area contributed by atoms with Gasteiger partial charge >= 0.3 is 6.18 Å². The molecule has 0 unspecified atom stereocenters. The Morgan fingerprint density at radius 3 is 2.48 bits per heavy atom. The molecule has 1 aromatic rings. The highest BCUT2D eigenvalue weighted by atomic mass is 19.4. The van der Waals surface area contributed by atoms with Crippen molar-refractivity contribution in [2.24, 2.45) is 0 Å². The van der Waals surface area contributed by atoms with Gasteiger partial charge < -0.3 is 9.64 Å². The van der Waals surface area contributed by atoms with Crippen LogP contribution in [0.4, 0.5) is 13.2 Å². The summed E-state index contributed by atoms with van der Waals surface area (Å²) in [5.74, 6) is 0.0171. The fourth-order valence-corrected chi connectivity index (χ4v) is 2.32. The van der Waals surface area contributed by atoms with Gasteiger partial charge in [0, 0.05) is 26.2 Å². The second kappa shape index (κ2) is 7.33. The maximum absolute atomic E-state index is 12.3. The van der Waals surface area contributed by atoms with Crippen LogP contribution in [0.3, 0.4) is 0 Å². The molecule has 0 bridgehead atoms. The van der Waals surface area contributed by atoms with E-state index in [4.69, 9.17) is 10.00 Å². The summed E-state index contributed by atoms with van der Waals surface area (Å²) in [7, 11) is 0. The van der Waals surface area contributed by atoms with Gasteiger partial charge in [0.2, 0.25) is 0 Å². The molecule has 1 aliphatic rings. The van der Waals surface area contributed by atoms with Crippen LogP contribution >= 0.6 is 0 Å². The first-order valence-corrected chi connectivity index (χ1v) is 7.08. The SMILES string of the molecule is N#Cc1ccccc1OCC(=O)N1CCN(CC(F)(F)F)CC1. The molecule has 1 amide bonds. The topological polar surface area (TPSA) is 56.6 Å². The fraction of sp³-hybridized carbons (Fsp3) is 0.467. The van der Waals surface area contributed by atoms with E-state index in [1.807, 2.05) is 6.07 Å². The minimum atomic E-state index is -4.23. The van der Waals surface area contributed by atoms with Crippen LogP contribution in [0, 0.1) is 11.3 Å². The van der Waals surface area contributed by atoms with E-state index in [2.05, 4.69) is 0 Å². The van der Waals surface area contributed by atoms with Crippen molar-refractivity contribution in [1.82, 2.24) is 9.80 Å². The van der Waals surface area contributed by atoms with E-state index < -0.39 is 12.7 Å². The molecular weight excluding hydrogens is 311 g/mol. The predicted molar refractivity (Wildman–Crippen MR) is 75.7 cm³/mol. The molecule has 1 aliphatic heterocycles. The highest BCUT2D eigenvalue weighted by Crippen LogP contribution is 2.18. The lowest BCUT2D eigenvalue weighted by Gasteiger charge is -2.34. The molecule has 0 saturated carbocycles. The summed E-state index contributed by atoms with van der Waals surface area (Å²) in [4.78, 5) is 14.8. The summed E-state index contributed by atoms with van der Waals surface area (Å²) in [6, 6.07) is 8.51. The predicted octanol–water partition coefficient (Wildman–Crippen LogP) is 1.64. The minimum absolute atomic E-state index is 0.181. The number of hydrogen-bond acceptors (Lipinski definition) is 4. The average Bonchev–Trinajstić information content (AvgIpc) is 2.52. The van der Waals surface area contributed by atoms with E-state index in [9.17, 15) is 18.0 Å². The van der Waals surface area contributed by atoms with Crippen molar-refractivity contribution in [3.8, 4) is 11.8 Å². The molecular formula is C15H16F3N3O2. The van der Waals surface area contributed by atoms with Gasteiger partial charge in [-0.3, -0.25) is 9.69 Å². The lowest BCUT2D eigenvalue weighted by atomic mass is 10.2. The Hall–Kier alpha value is -2.27. The average molecular weight is 327 g/mol. The summed E-state index contributed by atoms with van der Waals surface area (Å²) >= 11 is 0. The van der Waals surface area contributed by atoms with Crippen LogP contribution in [0.25, 0.3) is 0 Å². The van der Waals surface area contributed by atoms with Gasteiger partial charge in [0.15, 0.2) is 6.61 Å². The van der Waals surface area contributed by atoms with Crippen LogP contribution in [0.5, 0.6) is 5.75 Å². The molecule has 0 radical (unpaired) electrons. The van der Waals surface area contributed by atoms with E-state index in [1.165, 1.54) is 9.80 Å². The fourth-order valence-electron chi connectivity index (χ4n) is 2.32.